The molecule has 0 atom stereocenters. The first-order valence-corrected chi connectivity index (χ1v) is 13.1. The molecule has 2 aromatic rings. The quantitative estimate of drug-likeness (QED) is 0.557. The standard InChI is InChI=1S/C29H37F2N3O3/c1-29(2,31)19-33-13-9-20(10-14-33)18-37-26-8-7-24(17-25(26)30)21-3-5-23(6-4-21)28(36)34-15-11-22(12-16-34)27(32)35/h3-8,17,20,22H,9-16,18-19H2,1-2H3,(H2,32,35). The third-order valence-electron chi connectivity index (χ3n) is 7.36. The summed E-state index contributed by atoms with van der Waals surface area (Å²) in [6.07, 6.45) is 2.99. The van der Waals surface area contributed by atoms with Gasteiger partial charge in [-0.05, 0) is 93.9 Å². The summed E-state index contributed by atoms with van der Waals surface area (Å²) < 4.78 is 34.5. The van der Waals surface area contributed by atoms with Gasteiger partial charge in [0.05, 0.1) is 6.61 Å². The van der Waals surface area contributed by atoms with Crippen LogP contribution in [0.1, 0.15) is 49.9 Å². The predicted octanol–water partition coefficient (Wildman–Crippen LogP) is 4.67. The number of carbonyl (C=O) groups is 2. The van der Waals surface area contributed by atoms with Gasteiger partial charge in [0.25, 0.3) is 5.91 Å². The number of rotatable bonds is 8. The highest BCUT2D eigenvalue weighted by Crippen LogP contribution is 2.28. The average molecular weight is 514 g/mol. The number of alkyl halides is 1. The van der Waals surface area contributed by atoms with E-state index >= 15 is 0 Å². The monoisotopic (exact) mass is 513 g/mol. The van der Waals surface area contributed by atoms with Gasteiger partial charge in [0.15, 0.2) is 11.6 Å². The van der Waals surface area contributed by atoms with Crippen LogP contribution < -0.4 is 10.5 Å². The molecule has 37 heavy (non-hydrogen) atoms. The largest absolute Gasteiger partial charge is 0.490 e. The van der Waals surface area contributed by atoms with Crippen molar-refractivity contribution in [3.8, 4) is 16.9 Å². The van der Waals surface area contributed by atoms with Gasteiger partial charge in [-0.3, -0.25) is 9.59 Å². The Morgan fingerprint density at radius 3 is 2.16 bits per heavy atom. The molecular formula is C29H37F2N3O3. The van der Waals surface area contributed by atoms with Gasteiger partial charge in [0, 0.05) is 31.1 Å². The summed E-state index contributed by atoms with van der Waals surface area (Å²) in [4.78, 5) is 28.0. The molecular weight excluding hydrogens is 476 g/mol. The molecule has 6 nitrogen and oxygen atoms in total. The van der Waals surface area contributed by atoms with Crippen LogP contribution in [0.3, 0.4) is 0 Å². The van der Waals surface area contributed by atoms with Crippen molar-refractivity contribution in [3.05, 3.63) is 53.8 Å². The van der Waals surface area contributed by atoms with Gasteiger partial charge in [-0.25, -0.2) is 8.78 Å². The molecule has 200 valence electrons. The Bertz CT molecular complexity index is 1080. The Kier molecular flexibility index (Phi) is 8.47. The van der Waals surface area contributed by atoms with E-state index in [0.717, 1.165) is 31.5 Å². The van der Waals surface area contributed by atoms with Crippen molar-refractivity contribution in [1.82, 2.24) is 9.80 Å². The fourth-order valence-electron chi connectivity index (χ4n) is 5.20. The Morgan fingerprint density at radius 1 is 0.973 bits per heavy atom. The van der Waals surface area contributed by atoms with Gasteiger partial charge >= 0.3 is 0 Å². The van der Waals surface area contributed by atoms with Crippen LogP contribution in [-0.4, -0.2) is 66.6 Å². The summed E-state index contributed by atoms with van der Waals surface area (Å²) in [5, 5.41) is 0. The van der Waals surface area contributed by atoms with Gasteiger partial charge in [-0.2, -0.15) is 0 Å². The van der Waals surface area contributed by atoms with Crippen LogP contribution in [0.25, 0.3) is 11.1 Å². The molecule has 0 spiro atoms. The fourth-order valence-corrected chi connectivity index (χ4v) is 5.20. The number of hydrogen-bond donors (Lipinski definition) is 1. The summed E-state index contributed by atoms with van der Waals surface area (Å²) in [5.74, 6) is -0.427. The number of carbonyl (C=O) groups excluding carboxylic acids is 2. The Labute approximate surface area is 217 Å². The summed E-state index contributed by atoms with van der Waals surface area (Å²) in [6, 6.07) is 12.0. The number of halogens is 2. The number of amides is 2. The number of nitrogens with zero attached hydrogens (tertiary/aromatic N) is 2. The number of benzene rings is 2. The Balaban J connectivity index is 1.29. The van der Waals surface area contributed by atoms with Crippen LogP contribution >= 0.6 is 0 Å². The Morgan fingerprint density at radius 2 is 1.59 bits per heavy atom. The molecule has 0 bridgehead atoms. The molecule has 0 radical (unpaired) electrons. The van der Waals surface area contributed by atoms with Crippen molar-refractivity contribution in [1.29, 1.82) is 0 Å². The van der Waals surface area contributed by atoms with E-state index in [0.29, 0.717) is 56.1 Å². The van der Waals surface area contributed by atoms with Gasteiger partial charge < -0.3 is 20.3 Å². The maximum Gasteiger partial charge on any atom is 0.253 e. The van der Waals surface area contributed by atoms with Crippen molar-refractivity contribution < 1.29 is 23.1 Å². The van der Waals surface area contributed by atoms with Crippen LogP contribution in [0, 0.1) is 17.7 Å². The second-order valence-corrected chi connectivity index (χ2v) is 10.9. The van der Waals surface area contributed by atoms with Crippen LogP contribution in [0.4, 0.5) is 8.78 Å². The van der Waals surface area contributed by atoms with E-state index < -0.39 is 11.5 Å². The second-order valence-electron chi connectivity index (χ2n) is 10.9. The lowest BCUT2D eigenvalue weighted by atomic mass is 9.95. The third-order valence-corrected chi connectivity index (χ3v) is 7.36. The normalized spacial score (nSPS) is 18.1. The summed E-state index contributed by atoms with van der Waals surface area (Å²) in [5.41, 5.74) is 6.24. The molecule has 0 saturated carbocycles. The minimum Gasteiger partial charge on any atom is -0.490 e. The smallest absolute Gasteiger partial charge is 0.253 e. The van der Waals surface area contributed by atoms with E-state index in [1.165, 1.54) is 6.07 Å². The van der Waals surface area contributed by atoms with Gasteiger partial charge in [0.2, 0.25) is 5.91 Å². The first-order valence-electron chi connectivity index (χ1n) is 13.1. The van der Waals surface area contributed by atoms with Gasteiger partial charge in [-0.1, -0.05) is 18.2 Å². The first kappa shape index (κ1) is 27.0. The molecule has 8 heteroatoms. The molecule has 2 aromatic carbocycles. The first-order chi connectivity index (χ1) is 17.6. The number of piperidine rings is 2. The molecule has 2 N–H and O–H groups in total. The molecule has 2 aliphatic heterocycles. The summed E-state index contributed by atoms with van der Waals surface area (Å²) in [6.45, 7) is 6.74. The third kappa shape index (κ3) is 7.28. The number of likely N-dealkylation sites (tertiary alicyclic amines) is 2. The molecule has 2 amide bonds. The highest BCUT2D eigenvalue weighted by atomic mass is 19.1. The van der Waals surface area contributed by atoms with Crippen molar-refractivity contribution in [3.63, 3.8) is 0 Å². The number of hydrogen-bond acceptors (Lipinski definition) is 4. The van der Waals surface area contributed by atoms with Crippen LogP contribution in [-0.2, 0) is 4.79 Å². The lowest BCUT2D eigenvalue weighted by Crippen LogP contribution is -2.41. The maximum atomic E-state index is 14.8. The van der Waals surface area contributed by atoms with E-state index in [-0.39, 0.29) is 23.5 Å². The van der Waals surface area contributed by atoms with E-state index in [9.17, 15) is 18.4 Å². The molecule has 2 aliphatic rings. The zero-order valence-electron chi connectivity index (χ0n) is 21.7. The second kappa shape index (κ2) is 11.6. The molecule has 2 saturated heterocycles. The van der Waals surface area contributed by atoms with Crippen LogP contribution in [0.5, 0.6) is 5.75 Å². The fraction of sp³-hybridized carbons (Fsp3) is 0.517. The maximum absolute atomic E-state index is 14.8. The predicted molar refractivity (Wildman–Crippen MR) is 140 cm³/mol. The van der Waals surface area contributed by atoms with Crippen molar-refractivity contribution in [2.75, 3.05) is 39.3 Å². The highest BCUT2D eigenvalue weighted by molar-refractivity contribution is 5.95. The number of nitrogens with two attached hydrogens (primary N) is 1. The lowest BCUT2D eigenvalue weighted by Gasteiger charge is -2.34. The van der Waals surface area contributed by atoms with Crippen molar-refractivity contribution in [2.45, 2.75) is 45.2 Å². The van der Waals surface area contributed by atoms with Gasteiger partial charge in [-0.15, -0.1) is 0 Å². The molecule has 0 unspecified atom stereocenters. The average Bonchev–Trinajstić information content (AvgIpc) is 2.87. The zero-order valence-corrected chi connectivity index (χ0v) is 21.7. The van der Waals surface area contributed by atoms with E-state index in [4.69, 9.17) is 10.5 Å². The highest BCUT2D eigenvalue weighted by Gasteiger charge is 2.27. The molecule has 2 heterocycles. The lowest BCUT2D eigenvalue weighted by molar-refractivity contribution is -0.123. The molecule has 0 aliphatic carbocycles. The van der Waals surface area contributed by atoms with E-state index in [1.54, 1.807) is 36.9 Å². The Hall–Kier alpha value is -3.00. The van der Waals surface area contributed by atoms with E-state index in [1.807, 2.05) is 18.2 Å². The number of primary amides is 1. The molecule has 0 aromatic heterocycles. The summed E-state index contributed by atoms with van der Waals surface area (Å²) >= 11 is 0. The minimum absolute atomic E-state index is 0.0800. The zero-order chi connectivity index (χ0) is 26.6. The topological polar surface area (TPSA) is 75.9 Å². The van der Waals surface area contributed by atoms with Crippen molar-refractivity contribution in [2.24, 2.45) is 17.6 Å². The van der Waals surface area contributed by atoms with Gasteiger partial charge in [0.1, 0.15) is 5.67 Å². The molecule has 2 fully saturated rings. The van der Waals surface area contributed by atoms with Crippen molar-refractivity contribution >= 4 is 11.8 Å². The van der Waals surface area contributed by atoms with E-state index in [2.05, 4.69) is 4.90 Å². The SMILES string of the molecule is CC(C)(F)CN1CCC(COc2ccc(-c3ccc(C(=O)N4CCC(C(N)=O)CC4)cc3)cc2F)CC1. The number of ether oxygens (including phenoxy) is 1. The molecule has 4 rings (SSSR count). The summed E-state index contributed by atoms with van der Waals surface area (Å²) in [7, 11) is 0. The van der Waals surface area contributed by atoms with Crippen LogP contribution in [0.2, 0.25) is 0 Å². The van der Waals surface area contributed by atoms with Crippen LogP contribution in [0.15, 0.2) is 42.5 Å². The minimum atomic E-state index is -1.20.